The van der Waals surface area contributed by atoms with Crippen molar-refractivity contribution < 1.29 is 36.2 Å². The number of nitrogens with one attached hydrogen (secondary N) is 2. The second-order valence-corrected chi connectivity index (χ2v) is 8.89. The van der Waals surface area contributed by atoms with E-state index in [0.717, 1.165) is 36.9 Å². The normalized spacial score (nSPS) is 17.0. The highest BCUT2D eigenvalue weighted by Gasteiger charge is 2.33. The van der Waals surface area contributed by atoms with E-state index in [0.29, 0.717) is 37.8 Å². The lowest BCUT2D eigenvalue weighted by atomic mass is 10.0. The molecule has 2 aromatic heterocycles. The summed E-state index contributed by atoms with van der Waals surface area (Å²) >= 11 is 0. The van der Waals surface area contributed by atoms with Crippen LogP contribution in [-0.2, 0) is 17.7 Å². The number of halogens is 4. The highest BCUT2D eigenvalue weighted by atomic mass is 19.4. The first-order valence-corrected chi connectivity index (χ1v) is 11.9. The van der Waals surface area contributed by atoms with Gasteiger partial charge in [-0.05, 0) is 42.5 Å². The molecule has 0 aliphatic carbocycles. The number of nitrogens with zero attached hydrogens (tertiary/aromatic N) is 4. The van der Waals surface area contributed by atoms with Crippen molar-refractivity contribution in [2.45, 2.75) is 44.3 Å². The van der Waals surface area contributed by atoms with Gasteiger partial charge in [-0.2, -0.15) is 0 Å². The van der Waals surface area contributed by atoms with Gasteiger partial charge in [0.2, 0.25) is 5.95 Å². The van der Waals surface area contributed by atoms with Gasteiger partial charge in [0, 0.05) is 32.0 Å². The van der Waals surface area contributed by atoms with Gasteiger partial charge in [0.1, 0.15) is 6.04 Å². The number of hydrogen-bond donors (Lipinski definition) is 2. The topological polar surface area (TPSA) is 115 Å². The molecule has 1 saturated heterocycles. The number of fused-ring (bicyclic) bond motifs is 1. The van der Waals surface area contributed by atoms with Crippen molar-refractivity contribution in [3.8, 4) is 5.75 Å². The molecule has 0 bridgehead atoms. The number of aromatic nitrogens is 3. The highest BCUT2D eigenvalue weighted by molar-refractivity contribution is 5.75. The summed E-state index contributed by atoms with van der Waals surface area (Å²) in [5.41, 5.74) is 1.78. The molecular weight excluding hydrogens is 512 g/mol. The molecule has 2 aliphatic heterocycles. The zero-order chi connectivity index (χ0) is 26.7. The fourth-order valence-electron chi connectivity index (χ4n) is 4.38. The van der Waals surface area contributed by atoms with Crippen LogP contribution < -0.4 is 15.4 Å². The summed E-state index contributed by atoms with van der Waals surface area (Å²) in [5.74, 6) is -1.58. The van der Waals surface area contributed by atoms with E-state index in [1.165, 1.54) is 17.2 Å². The molecule has 3 aromatic rings. The molecule has 5 rings (SSSR count). The maximum absolute atomic E-state index is 14.4. The molecule has 14 heteroatoms. The van der Waals surface area contributed by atoms with E-state index in [1.807, 2.05) is 0 Å². The number of amides is 2. The molecule has 0 spiro atoms. The van der Waals surface area contributed by atoms with Gasteiger partial charge in [-0.15, -0.1) is 13.2 Å². The maximum Gasteiger partial charge on any atom is 0.573 e. The summed E-state index contributed by atoms with van der Waals surface area (Å²) < 4.78 is 66.4. The van der Waals surface area contributed by atoms with Crippen molar-refractivity contribution in [2.75, 3.05) is 25.1 Å². The Balaban J connectivity index is 1.30. The number of alkyl halides is 3. The first kappa shape index (κ1) is 25.7. The first-order chi connectivity index (χ1) is 18.2. The third kappa shape index (κ3) is 6.13. The Labute approximate surface area is 214 Å². The van der Waals surface area contributed by atoms with Crippen LogP contribution in [0.2, 0.25) is 0 Å². The molecule has 0 saturated carbocycles. The van der Waals surface area contributed by atoms with Crippen LogP contribution in [0.5, 0.6) is 5.75 Å². The first-order valence-electron chi connectivity index (χ1n) is 11.9. The Morgan fingerprint density at radius 3 is 2.74 bits per heavy atom. The van der Waals surface area contributed by atoms with Crippen LogP contribution >= 0.6 is 0 Å². The lowest BCUT2D eigenvalue weighted by molar-refractivity contribution is -0.275. The minimum Gasteiger partial charge on any atom is -0.446 e. The molecular formula is C24H24F4N6O4. The molecule has 0 radical (unpaired) electrons. The van der Waals surface area contributed by atoms with E-state index in [2.05, 4.69) is 30.3 Å². The molecule has 1 fully saturated rings. The molecule has 1 unspecified atom stereocenters. The lowest BCUT2D eigenvalue weighted by Gasteiger charge is -2.30. The van der Waals surface area contributed by atoms with E-state index in [1.54, 1.807) is 6.20 Å². The monoisotopic (exact) mass is 536 g/mol. The summed E-state index contributed by atoms with van der Waals surface area (Å²) in [4.78, 5) is 27.6. The Morgan fingerprint density at radius 1 is 1.21 bits per heavy atom. The van der Waals surface area contributed by atoms with E-state index in [-0.39, 0.29) is 23.9 Å². The van der Waals surface area contributed by atoms with Crippen LogP contribution in [0.3, 0.4) is 0 Å². The number of anilines is 1. The Kier molecular flexibility index (Phi) is 7.31. The number of ether oxygens (including phenoxy) is 2. The summed E-state index contributed by atoms with van der Waals surface area (Å²) in [7, 11) is 0. The van der Waals surface area contributed by atoms with E-state index < -0.39 is 30.0 Å². The number of carbonyl (C=O) groups excluding carboxylic acids is 1. The fourth-order valence-corrected chi connectivity index (χ4v) is 4.38. The number of hydrogen-bond acceptors (Lipinski definition) is 8. The van der Waals surface area contributed by atoms with Crippen LogP contribution in [0.4, 0.5) is 28.3 Å². The van der Waals surface area contributed by atoms with Crippen LogP contribution in [0.1, 0.15) is 41.5 Å². The summed E-state index contributed by atoms with van der Waals surface area (Å²) in [5, 5.41) is 6.08. The predicted molar refractivity (Wildman–Crippen MR) is 124 cm³/mol. The van der Waals surface area contributed by atoms with Crippen LogP contribution in [0, 0.1) is 5.82 Å². The van der Waals surface area contributed by atoms with Gasteiger partial charge in [0.15, 0.2) is 23.7 Å². The number of carbonyl (C=O) groups is 1. The molecule has 1 aromatic carbocycles. The molecule has 10 nitrogen and oxygen atoms in total. The Hall–Kier alpha value is -3.94. The number of oxazole rings is 1. The van der Waals surface area contributed by atoms with Gasteiger partial charge in [-0.25, -0.2) is 24.1 Å². The smallest absolute Gasteiger partial charge is 0.446 e. The average Bonchev–Trinajstić information content (AvgIpc) is 3.42. The van der Waals surface area contributed by atoms with Gasteiger partial charge < -0.3 is 29.4 Å². The zero-order valence-electron chi connectivity index (χ0n) is 20.0. The maximum atomic E-state index is 14.4. The lowest BCUT2D eigenvalue weighted by Crippen LogP contribution is -2.44. The van der Waals surface area contributed by atoms with Crippen LogP contribution in [0.25, 0.3) is 0 Å². The second-order valence-electron chi connectivity index (χ2n) is 8.89. The predicted octanol–water partition coefficient (Wildman–Crippen LogP) is 3.95. The second kappa shape index (κ2) is 10.8. The minimum absolute atomic E-state index is 0.143. The summed E-state index contributed by atoms with van der Waals surface area (Å²) in [6.07, 6.45) is 1.40. The average molecular weight is 536 g/mol. The van der Waals surface area contributed by atoms with Gasteiger partial charge in [0.05, 0.1) is 18.4 Å². The third-order valence-electron chi connectivity index (χ3n) is 6.31. The largest absolute Gasteiger partial charge is 0.573 e. The molecule has 2 amide bonds. The van der Waals surface area contributed by atoms with Crippen molar-refractivity contribution >= 4 is 12.0 Å². The molecule has 202 valence electrons. The minimum atomic E-state index is -5.05. The molecule has 2 N–H and O–H groups in total. The van der Waals surface area contributed by atoms with Crippen molar-refractivity contribution in [2.24, 2.45) is 0 Å². The van der Waals surface area contributed by atoms with Gasteiger partial charge in [-0.3, -0.25) is 0 Å². The van der Waals surface area contributed by atoms with Crippen molar-refractivity contribution in [3.05, 3.63) is 65.4 Å². The van der Waals surface area contributed by atoms with Crippen molar-refractivity contribution in [1.82, 2.24) is 25.2 Å². The van der Waals surface area contributed by atoms with Gasteiger partial charge >= 0.3 is 12.4 Å². The van der Waals surface area contributed by atoms with Crippen LogP contribution in [-0.4, -0.2) is 58.0 Å². The molecule has 2 aliphatic rings. The zero-order valence-corrected chi connectivity index (χ0v) is 20.0. The standard InChI is InChI=1S/C24H24F4N6O4/c25-17-9-14(1-2-19(17)38-24(26,27)28)21(20-11-29-13-37-20)33-23(35)34-6-3-15-10-30-22(32-18(15)12-34)31-16-4-7-36-8-5-16/h1-2,9-11,13,16,21H,3-8,12H2,(H,33,35)(H,30,31,32). The summed E-state index contributed by atoms with van der Waals surface area (Å²) in [6, 6.07) is 1.60. The van der Waals surface area contributed by atoms with E-state index >= 15 is 0 Å². The van der Waals surface area contributed by atoms with E-state index in [9.17, 15) is 22.4 Å². The fraction of sp³-hybridized carbons (Fsp3) is 0.417. The molecule has 4 heterocycles. The van der Waals surface area contributed by atoms with Gasteiger partial charge in [-0.1, -0.05) is 6.07 Å². The van der Waals surface area contributed by atoms with Crippen molar-refractivity contribution in [3.63, 3.8) is 0 Å². The number of urea groups is 1. The highest BCUT2D eigenvalue weighted by Crippen LogP contribution is 2.30. The number of benzene rings is 1. The van der Waals surface area contributed by atoms with E-state index in [4.69, 9.17) is 9.15 Å². The summed E-state index contributed by atoms with van der Waals surface area (Å²) in [6.45, 7) is 1.93. The third-order valence-corrected chi connectivity index (χ3v) is 6.31. The van der Waals surface area contributed by atoms with Gasteiger partial charge in [0.25, 0.3) is 0 Å². The Morgan fingerprint density at radius 2 is 2.03 bits per heavy atom. The SMILES string of the molecule is O=C(NC(c1ccc(OC(F)(F)F)c(F)c1)c1cnco1)N1CCc2cnc(NC3CCOCC3)nc2C1. The quantitative estimate of drug-likeness (QED) is 0.456. The Bertz CT molecular complexity index is 1270. The van der Waals surface area contributed by atoms with Crippen molar-refractivity contribution in [1.29, 1.82) is 0 Å². The number of rotatable bonds is 6. The molecule has 1 atom stereocenters. The van der Waals surface area contributed by atoms with Crippen LogP contribution in [0.15, 0.2) is 41.4 Å². The molecule has 38 heavy (non-hydrogen) atoms.